The highest BCUT2D eigenvalue weighted by atomic mass is 16.5. The minimum Gasteiger partial charge on any atom is -0.494 e. The van der Waals surface area contributed by atoms with Gasteiger partial charge in [0.05, 0.1) is 25.5 Å². The fourth-order valence-electron chi connectivity index (χ4n) is 2.62. The molecule has 0 saturated carbocycles. The molecule has 2 aromatic rings. The highest BCUT2D eigenvalue weighted by Crippen LogP contribution is 2.27. The third-order valence-corrected chi connectivity index (χ3v) is 3.76. The number of benzene rings is 1. The molecule has 1 atom stereocenters. The molecule has 0 unspecified atom stereocenters. The molecule has 5 nitrogen and oxygen atoms in total. The molecule has 2 N–H and O–H groups in total. The number of aliphatic hydroxyl groups is 1. The lowest BCUT2D eigenvalue weighted by Gasteiger charge is -2.13. The molecular formula is C18H21N3O2. The second-order valence-corrected chi connectivity index (χ2v) is 5.57. The fraction of sp³-hybridized carbons (Fsp3) is 0.333. The molecule has 0 saturated heterocycles. The monoisotopic (exact) mass is 311 g/mol. The largest absolute Gasteiger partial charge is 0.494 e. The van der Waals surface area contributed by atoms with Crippen molar-refractivity contribution in [2.45, 2.75) is 26.4 Å². The van der Waals surface area contributed by atoms with Crippen LogP contribution in [0.1, 0.15) is 30.5 Å². The van der Waals surface area contributed by atoms with Crippen LogP contribution in [0.25, 0.3) is 0 Å². The van der Waals surface area contributed by atoms with Gasteiger partial charge in [-0.25, -0.2) is 4.98 Å². The van der Waals surface area contributed by atoms with E-state index in [1.54, 1.807) is 6.20 Å². The average molecular weight is 311 g/mol. The van der Waals surface area contributed by atoms with Crippen molar-refractivity contribution in [2.24, 2.45) is 4.99 Å². The molecule has 0 bridgehead atoms. The molecule has 3 rings (SSSR count). The summed E-state index contributed by atoms with van der Waals surface area (Å²) in [6.45, 7) is 5.28. The summed E-state index contributed by atoms with van der Waals surface area (Å²) in [6.07, 6.45) is 1.76. The summed E-state index contributed by atoms with van der Waals surface area (Å²) in [5, 5.41) is 12.3. The number of hydrogen-bond acceptors (Lipinski definition) is 5. The van der Waals surface area contributed by atoms with Crippen LogP contribution in [0.5, 0.6) is 5.75 Å². The van der Waals surface area contributed by atoms with Gasteiger partial charge in [0, 0.05) is 23.4 Å². The minimum absolute atomic E-state index is 0.0416. The number of anilines is 1. The van der Waals surface area contributed by atoms with Crippen molar-refractivity contribution in [1.29, 1.82) is 0 Å². The SMILES string of the molecule is CCOc1ccc2c(c1)C(c1ccnc(N[C@@H](C)CO)c1)=NC2. The third kappa shape index (κ3) is 3.35. The maximum Gasteiger partial charge on any atom is 0.126 e. The van der Waals surface area contributed by atoms with Crippen molar-refractivity contribution in [3.63, 3.8) is 0 Å². The first-order chi connectivity index (χ1) is 11.2. The van der Waals surface area contributed by atoms with Crippen LogP contribution in [0.3, 0.4) is 0 Å². The van der Waals surface area contributed by atoms with Crippen molar-refractivity contribution >= 4 is 11.5 Å². The van der Waals surface area contributed by atoms with E-state index in [1.165, 1.54) is 5.56 Å². The van der Waals surface area contributed by atoms with Crippen molar-refractivity contribution < 1.29 is 9.84 Å². The lowest BCUT2D eigenvalue weighted by Crippen LogP contribution is -2.20. The molecule has 0 spiro atoms. The van der Waals surface area contributed by atoms with Gasteiger partial charge in [-0.05, 0) is 43.7 Å². The quantitative estimate of drug-likeness (QED) is 0.860. The van der Waals surface area contributed by atoms with Gasteiger partial charge in [-0.15, -0.1) is 0 Å². The standard InChI is InChI=1S/C18H21N3O2/c1-3-23-15-5-4-14-10-20-18(16(14)9-15)13-6-7-19-17(8-13)21-12(2)11-22/h4-9,12,22H,3,10-11H2,1-2H3,(H,19,21)/t12-/m0/s1. The van der Waals surface area contributed by atoms with E-state index in [4.69, 9.17) is 9.84 Å². The van der Waals surface area contributed by atoms with Gasteiger partial charge in [-0.3, -0.25) is 4.99 Å². The molecule has 0 fully saturated rings. The first kappa shape index (κ1) is 15.5. The van der Waals surface area contributed by atoms with Gasteiger partial charge in [0.25, 0.3) is 0 Å². The van der Waals surface area contributed by atoms with Crippen LogP contribution in [-0.4, -0.2) is 35.1 Å². The van der Waals surface area contributed by atoms with Gasteiger partial charge in [0.1, 0.15) is 11.6 Å². The molecule has 2 heterocycles. The van der Waals surface area contributed by atoms with Crippen LogP contribution in [0.4, 0.5) is 5.82 Å². The van der Waals surface area contributed by atoms with E-state index in [0.717, 1.165) is 28.4 Å². The predicted molar refractivity (Wildman–Crippen MR) is 91.4 cm³/mol. The van der Waals surface area contributed by atoms with E-state index >= 15 is 0 Å². The Kier molecular flexibility index (Phi) is 4.57. The molecule has 1 aliphatic rings. The summed E-state index contributed by atoms with van der Waals surface area (Å²) in [4.78, 5) is 8.97. The molecule has 1 aliphatic heterocycles. The first-order valence-corrected chi connectivity index (χ1v) is 7.85. The molecule has 1 aromatic carbocycles. The summed E-state index contributed by atoms with van der Waals surface area (Å²) in [7, 11) is 0. The summed E-state index contributed by atoms with van der Waals surface area (Å²) < 4.78 is 5.60. The lowest BCUT2D eigenvalue weighted by atomic mass is 10.0. The van der Waals surface area contributed by atoms with Gasteiger partial charge < -0.3 is 15.2 Å². The summed E-state index contributed by atoms with van der Waals surface area (Å²) in [6, 6.07) is 9.99. The number of aliphatic hydroxyl groups excluding tert-OH is 1. The zero-order chi connectivity index (χ0) is 16.2. The Morgan fingerprint density at radius 3 is 2.96 bits per heavy atom. The maximum atomic E-state index is 9.16. The van der Waals surface area contributed by atoms with Crippen LogP contribution in [-0.2, 0) is 6.54 Å². The van der Waals surface area contributed by atoms with E-state index in [2.05, 4.69) is 27.4 Å². The van der Waals surface area contributed by atoms with E-state index in [-0.39, 0.29) is 12.6 Å². The Balaban J connectivity index is 1.90. The molecule has 5 heteroatoms. The van der Waals surface area contributed by atoms with Crippen molar-refractivity contribution in [3.8, 4) is 5.75 Å². The number of pyridine rings is 1. The van der Waals surface area contributed by atoms with Gasteiger partial charge in [0.2, 0.25) is 0 Å². The molecule has 1 aromatic heterocycles. The van der Waals surface area contributed by atoms with E-state index in [0.29, 0.717) is 13.2 Å². The average Bonchev–Trinajstić information content (AvgIpc) is 2.98. The molecule has 0 aliphatic carbocycles. The maximum absolute atomic E-state index is 9.16. The summed E-state index contributed by atoms with van der Waals surface area (Å²) in [5.74, 6) is 1.60. The van der Waals surface area contributed by atoms with Crippen LogP contribution in [0, 0.1) is 0 Å². The molecular weight excluding hydrogens is 290 g/mol. The lowest BCUT2D eigenvalue weighted by molar-refractivity contribution is 0.281. The summed E-state index contributed by atoms with van der Waals surface area (Å²) in [5.41, 5.74) is 4.30. The van der Waals surface area contributed by atoms with Crippen LogP contribution >= 0.6 is 0 Å². The van der Waals surface area contributed by atoms with Crippen molar-refractivity contribution in [2.75, 3.05) is 18.5 Å². The van der Waals surface area contributed by atoms with Crippen molar-refractivity contribution in [1.82, 2.24) is 4.98 Å². The van der Waals surface area contributed by atoms with Crippen molar-refractivity contribution in [3.05, 3.63) is 53.2 Å². The number of aromatic nitrogens is 1. The second-order valence-electron chi connectivity index (χ2n) is 5.57. The minimum atomic E-state index is -0.0416. The Bertz CT molecular complexity index is 728. The highest BCUT2D eigenvalue weighted by molar-refractivity contribution is 6.15. The second kappa shape index (κ2) is 6.79. The number of nitrogens with zero attached hydrogens (tertiary/aromatic N) is 2. The number of aliphatic imine (C=N–C) groups is 1. The zero-order valence-corrected chi connectivity index (χ0v) is 13.4. The Morgan fingerprint density at radius 2 is 2.17 bits per heavy atom. The molecule has 0 radical (unpaired) electrons. The normalized spacial score (nSPS) is 14.1. The van der Waals surface area contributed by atoms with Gasteiger partial charge in [-0.2, -0.15) is 0 Å². The van der Waals surface area contributed by atoms with E-state index in [9.17, 15) is 0 Å². The smallest absolute Gasteiger partial charge is 0.126 e. The Labute approximate surface area is 136 Å². The zero-order valence-electron chi connectivity index (χ0n) is 13.4. The summed E-state index contributed by atoms with van der Waals surface area (Å²) >= 11 is 0. The predicted octanol–water partition coefficient (Wildman–Crippen LogP) is 2.62. The van der Waals surface area contributed by atoms with E-state index in [1.807, 2.05) is 32.0 Å². The number of fused-ring (bicyclic) bond motifs is 1. The van der Waals surface area contributed by atoms with Gasteiger partial charge in [0.15, 0.2) is 0 Å². The first-order valence-electron chi connectivity index (χ1n) is 7.85. The topological polar surface area (TPSA) is 66.7 Å². The molecule has 23 heavy (non-hydrogen) atoms. The van der Waals surface area contributed by atoms with E-state index < -0.39 is 0 Å². The Hall–Kier alpha value is -2.40. The number of nitrogens with one attached hydrogen (secondary N) is 1. The van der Waals surface area contributed by atoms with Crippen LogP contribution in [0.15, 0.2) is 41.5 Å². The van der Waals surface area contributed by atoms with Crippen LogP contribution < -0.4 is 10.1 Å². The molecule has 120 valence electrons. The number of hydrogen-bond donors (Lipinski definition) is 2. The number of ether oxygens (including phenoxy) is 1. The highest BCUT2D eigenvalue weighted by Gasteiger charge is 2.19. The third-order valence-electron chi connectivity index (χ3n) is 3.76. The number of rotatable bonds is 6. The van der Waals surface area contributed by atoms with Crippen LogP contribution in [0.2, 0.25) is 0 Å². The van der Waals surface area contributed by atoms with Gasteiger partial charge in [-0.1, -0.05) is 6.07 Å². The van der Waals surface area contributed by atoms with Gasteiger partial charge >= 0.3 is 0 Å². The molecule has 0 amide bonds. The Morgan fingerprint density at radius 1 is 1.30 bits per heavy atom. The fourth-order valence-corrected chi connectivity index (χ4v) is 2.62.